The first-order valence-electron chi connectivity index (χ1n) is 16.3. The first-order chi connectivity index (χ1) is 21.1. The number of carbonyl (C=O) groups excluding carboxylic acids is 4. The molecule has 4 aliphatic rings. The Labute approximate surface area is 275 Å². The van der Waals surface area contributed by atoms with Gasteiger partial charge >= 0.3 is 0 Å². The van der Waals surface area contributed by atoms with E-state index in [1.807, 2.05) is 12.2 Å². The third-order valence-electron chi connectivity index (χ3n) is 11.5. The van der Waals surface area contributed by atoms with E-state index in [0.29, 0.717) is 11.5 Å². The molecule has 4 aliphatic carbocycles. The summed E-state index contributed by atoms with van der Waals surface area (Å²) in [6.07, 6.45) is 2.95. The van der Waals surface area contributed by atoms with E-state index in [-0.39, 0.29) is 68.3 Å². The third-order valence-corrected chi connectivity index (χ3v) is 20.3. The highest BCUT2D eigenvalue weighted by Gasteiger charge is 2.53. The Morgan fingerprint density at radius 1 is 0.565 bits per heavy atom. The number of hydrogen-bond donors (Lipinski definition) is 0. The predicted molar refractivity (Wildman–Crippen MR) is 181 cm³/mol. The summed E-state index contributed by atoms with van der Waals surface area (Å²) >= 11 is 0. The topological polar surface area (TPSA) is 105 Å². The van der Waals surface area contributed by atoms with Crippen molar-refractivity contribution < 1.29 is 37.5 Å². The van der Waals surface area contributed by atoms with Gasteiger partial charge in [-0.3, -0.25) is 19.2 Å². The lowest BCUT2D eigenvalue weighted by Gasteiger charge is -2.43. The Morgan fingerprint density at radius 3 is 1.15 bits per heavy atom. The summed E-state index contributed by atoms with van der Waals surface area (Å²) in [4.78, 5) is 56.6. The van der Waals surface area contributed by atoms with Crippen LogP contribution in [0.4, 0.5) is 0 Å². The monoisotopic (exact) mass is 666 g/mol. The van der Waals surface area contributed by atoms with Crippen LogP contribution in [-0.2, 0) is 18.3 Å². The molecule has 0 aromatic heterocycles. The highest BCUT2D eigenvalue weighted by Crippen LogP contribution is 2.48. The minimum Gasteiger partial charge on any atom is -0.547 e. The lowest BCUT2D eigenvalue weighted by Crippen LogP contribution is -2.49. The first kappa shape index (κ1) is 34.7. The largest absolute Gasteiger partial charge is 0.547 e. The number of carbonyl (C=O) groups is 4. The molecule has 0 saturated heterocycles. The molecule has 0 heterocycles. The van der Waals surface area contributed by atoms with Crippen LogP contribution in [0.5, 0.6) is 0 Å². The number of Topliss-reactive ketones (excluding diaryl/α,β-unsaturated/α-hetero) is 4. The van der Waals surface area contributed by atoms with E-state index < -0.39 is 52.5 Å². The van der Waals surface area contributed by atoms with Crippen LogP contribution in [0.3, 0.4) is 0 Å². The van der Waals surface area contributed by atoms with Crippen molar-refractivity contribution in [1.82, 2.24) is 0 Å². The molecule has 1 aromatic carbocycles. The van der Waals surface area contributed by atoms with Gasteiger partial charge in [0.2, 0.25) is 16.6 Å². The molecule has 6 unspecified atom stereocenters. The molecule has 0 bridgehead atoms. The maximum absolute atomic E-state index is 14.2. The second kappa shape index (κ2) is 11.5. The van der Waals surface area contributed by atoms with Crippen LogP contribution >= 0.6 is 0 Å². The summed E-state index contributed by atoms with van der Waals surface area (Å²) in [6.45, 7) is 21.5. The van der Waals surface area contributed by atoms with E-state index in [1.54, 1.807) is 0 Å². The van der Waals surface area contributed by atoms with Gasteiger partial charge in [-0.05, 0) is 60.5 Å². The molecule has 0 N–H and O–H groups in total. The van der Waals surface area contributed by atoms with Crippen LogP contribution in [0.25, 0.3) is 0 Å². The maximum Gasteiger partial charge on any atom is 0.250 e. The van der Waals surface area contributed by atoms with Crippen molar-refractivity contribution in [2.45, 2.75) is 103 Å². The fraction of sp³-hybridized carbons (Fsp3) is 0.611. The standard InChI is InChI=1S/C36H50O8Si2/c1-35(2,3)45(9,10)43-19-13-25-29(27(15-19)41-7)33(39)23-18-24-22(17-21(23)31(25)37)32(38)26-14-20(44-46(11,12)36(4,5)6)16-28(42-8)30(26)34(24)40/h15-18,25-30H,13-14H2,1-12H3. The predicted octanol–water partition coefficient (Wildman–Crippen LogP) is 7.56. The molecule has 0 saturated carbocycles. The fourth-order valence-corrected chi connectivity index (χ4v) is 8.97. The van der Waals surface area contributed by atoms with Gasteiger partial charge in [-0.1, -0.05) is 41.5 Å². The molecule has 5 rings (SSSR count). The van der Waals surface area contributed by atoms with Gasteiger partial charge in [-0.25, -0.2) is 0 Å². The lowest BCUT2D eigenvalue weighted by molar-refractivity contribution is 0.0318. The Kier molecular flexibility index (Phi) is 8.66. The number of ketones is 4. The molecule has 1 aromatic rings. The Balaban J connectivity index is 1.52. The molecule has 0 radical (unpaired) electrons. The highest BCUT2D eigenvalue weighted by atomic mass is 28.4. The van der Waals surface area contributed by atoms with Crippen LogP contribution in [0, 0.1) is 23.7 Å². The number of rotatable bonds is 6. The van der Waals surface area contributed by atoms with Crippen molar-refractivity contribution in [3.8, 4) is 0 Å². The van der Waals surface area contributed by atoms with E-state index in [0.717, 1.165) is 0 Å². The zero-order valence-corrected chi connectivity index (χ0v) is 31.5. The molecule has 8 nitrogen and oxygen atoms in total. The van der Waals surface area contributed by atoms with Crippen LogP contribution in [0.15, 0.2) is 35.8 Å². The minimum atomic E-state index is -2.22. The summed E-state index contributed by atoms with van der Waals surface area (Å²) < 4.78 is 24.7. The van der Waals surface area contributed by atoms with Gasteiger partial charge in [0.05, 0.1) is 35.6 Å². The molecule has 250 valence electrons. The minimum absolute atomic E-state index is 0.0538. The zero-order valence-electron chi connectivity index (χ0n) is 29.5. The lowest BCUT2D eigenvalue weighted by atomic mass is 9.64. The number of benzene rings is 1. The Hall–Kier alpha value is -2.67. The molecule has 46 heavy (non-hydrogen) atoms. The molecule has 0 fully saturated rings. The van der Waals surface area contributed by atoms with Gasteiger partial charge < -0.3 is 18.3 Å². The van der Waals surface area contributed by atoms with E-state index >= 15 is 0 Å². The van der Waals surface area contributed by atoms with Crippen LogP contribution < -0.4 is 0 Å². The summed E-state index contributed by atoms with van der Waals surface area (Å²) in [5.74, 6) is -2.46. The normalized spacial score (nSPS) is 28.4. The van der Waals surface area contributed by atoms with Crippen molar-refractivity contribution >= 4 is 39.8 Å². The van der Waals surface area contributed by atoms with E-state index in [1.165, 1.54) is 26.4 Å². The third kappa shape index (κ3) is 5.63. The van der Waals surface area contributed by atoms with Gasteiger partial charge in [0.15, 0.2) is 23.1 Å². The van der Waals surface area contributed by atoms with Gasteiger partial charge in [0, 0.05) is 61.2 Å². The average Bonchev–Trinajstić information content (AvgIpc) is 2.95. The van der Waals surface area contributed by atoms with Crippen molar-refractivity contribution in [3.63, 3.8) is 0 Å². The number of ether oxygens (including phenoxy) is 2. The van der Waals surface area contributed by atoms with Crippen molar-refractivity contribution in [2.75, 3.05) is 14.2 Å². The number of allylic oxidation sites excluding steroid dienone is 2. The van der Waals surface area contributed by atoms with Gasteiger partial charge in [-0.2, -0.15) is 0 Å². The summed E-state index contributed by atoms with van der Waals surface area (Å²) in [5.41, 5.74) is 0.744. The van der Waals surface area contributed by atoms with Gasteiger partial charge in [-0.15, -0.1) is 0 Å². The molecular weight excluding hydrogens is 617 g/mol. The van der Waals surface area contributed by atoms with Crippen LogP contribution in [-0.4, -0.2) is 66.2 Å². The maximum atomic E-state index is 14.2. The van der Waals surface area contributed by atoms with E-state index in [4.69, 9.17) is 18.3 Å². The van der Waals surface area contributed by atoms with Gasteiger partial charge in [0.25, 0.3) is 0 Å². The zero-order chi connectivity index (χ0) is 34.3. The first-order valence-corrected chi connectivity index (χ1v) is 22.1. The van der Waals surface area contributed by atoms with E-state index in [2.05, 4.69) is 67.7 Å². The SMILES string of the molecule is COC1C=C(O[Si](C)(C)C(C)(C)C)CC2C(=O)c3cc4c(cc3C(=O)C12)C(=O)C1C(OC)C=C(O[Si](C)(C)C(C)(C)C)CC1C4=O. The smallest absolute Gasteiger partial charge is 0.250 e. The summed E-state index contributed by atoms with van der Waals surface area (Å²) in [5, 5.41) is -0.108. The molecule has 6 atom stereocenters. The molecular formula is C36H50O8Si2. The average molecular weight is 667 g/mol. The summed E-state index contributed by atoms with van der Waals surface area (Å²) in [7, 11) is -1.38. The van der Waals surface area contributed by atoms with Crippen LogP contribution in [0.2, 0.25) is 36.3 Å². The molecule has 0 amide bonds. The fourth-order valence-electron chi connectivity index (χ4n) is 6.75. The van der Waals surface area contributed by atoms with Crippen molar-refractivity contribution in [3.05, 3.63) is 58.1 Å². The molecule has 10 heteroatoms. The summed E-state index contributed by atoms with van der Waals surface area (Å²) in [6, 6.07) is 2.98. The van der Waals surface area contributed by atoms with E-state index in [9.17, 15) is 19.2 Å². The number of hydrogen-bond acceptors (Lipinski definition) is 8. The quantitative estimate of drug-likeness (QED) is 0.287. The second-order valence-corrected chi connectivity index (χ2v) is 25.9. The number of fused-ring (bicyclic) bond motifs is 4. The highest BCUT2D eigenvalue weighted by molar-refractivity contribution is 6.74. The molecule has 0 aliphatic heterocycles. The van der Waals surface area contributed by atoms with Crippen LogP contribution in [0.1, 0.15) is 95.8 Å². The number of methoxy groups -OCH3 is 2. The second-order valence-electron chi connectivity index (χ2n) is 16.5. The Bertz CT molecular complexity index is 1440. The van der Waals surface area contributed by atoms with Crippen molar-refractivity contribution in [1.29, 1.82) is 0 Å². The van der Waals surface area contributed by atoms with Crippen molar-refractivity contribution in [2.24, 2.45) is 23.7 Å². The molecule has 0 spiro atoms. The van der Waals surface area contributed by atoms with Gasteiger partial charge in [0.1, 0.15) is 0 Å². The Morgan fingerprint density at radius 2 is 0.870 bits per heavy atom.